The van der Waals surface area contributed by atoms with Crippen LogP contribution in [0.3, 0.4) is 0 Å². The maximum absolute atomic E-state index is 14.1. The molecule has 0 N–H and O–H groups in total. The molecule has 0 spiro atoms. The highest BCUT2D eigenvalue weighted by atomic mass is 19.4. The van der Waals surface area contributed by atoms with Crippen LogP contribution in [0.1, 0.15) is 88.2 Å². The van der Waals surface area contributed by atoms with E-state index in [1.54, 1.807) is 0 Å². The van der Waals surface area contributed by atoms with Gasteiger partial charge in [-0.1, -0.05) is 24.6 Å². The van der Waals surface area contributed by atoms with E-state index in [2.05, 4.69) is 19.1 Å². The lowest BCUT2D eigenvalue weighted by Crippen LogP contribution is -2.41. The van der Waals surface area contributed by atoms with Gasteiger partial charge in [-0.3, -0.25) is 0 Å². The van der Waals surface area contributed by atoms with Crippen molar-refractivity contribution in [2.75, 3.05) is 0 Å². The summed E-state index contributed by atoms with van der Waals surface area (Å²) in [6.45, 7) is 2.09. The van der Waals surface area contributed by atoms with Crippen molar-refractivity contribution in [2.24, 2.45) is 29.6 Å². The van der Waals surface area contributed by atoms with Gasteiger partial charge in [0, 0.05) is 0 Å². The molecular formula is C26H34F4. The van der Waals surface area contributed by atoms with E-state index in [9.17, 15) is 17.6 Å². The monoisotopic (exact) mass is 422 g/mol. The van der Waals surface area contributed by atoms with Crippen molar-refractivity contribution in [1.82, 2.24) is 0 Å². The Morgan fingerprint density at radius 1 is 0.933 bits per heavy atom. The first-order valence-electron chi connectivity index (χ1n) is 11.8. The largest absolute Gasteiger partial charge is 0.419 e. The molecule has 0 amide bonds. The third-order valence-electron chi connectivity index (χ3n) is 8.40. The van der Waals surface area contributed by atoms with E-state index in [0.29, 0.717) is 5.92 Å². The van der Waals surface area contributed by atoms with E-state index in [1.807, 2.05) is 0 Å². The maximum atomic E-state index is 14.1. The van der Waals surface area contributed by atoms with Crippen molar-refractivity contribution in [1.29, 1.82) is 0 Å². The van der Waals surface area contributed by atoms with Crippen LogP contribution in [-0.2, 0) is 6.18 Å². The Bertz CT molecular complexity index is 750. The van der Waals surface area contributed by atoms with Gasteiger partial charge < -0.3 is 0 Å². The summed E-state index contributed by atoms with van der Waals surface area (Å²) in [5.41, 5.74) is -0.389. The van der Waals surface area contributed by atoms with Crippen LogP contribution in [-0.4, -0.2) is 0 Å². The minimum absolute atomic E-state index is 0.205. The first-order valence-corrected chi connectivity index (χ1v) is 11.8. The predicted octanol–water partition coefficient (Wildman–Crippen LogP) is 8.53. The third kappa shape index (κ3) is 4.62. The molecular weight excluding hydrogens is 388 g/mol. The fourth-order valence-corrected chi connectivity index (χ4v) is 6.97. The van der Waals surface area contributed by atoms with Crippen LogP contribution in [0.25, 0.3) is 0 Å². The summed E-state index contributed by atoms with van der Waals surface area (Å²) in [4.78, 5) is 0. The average Bonchev–Trinajstić information content (AvgIpc) is 2.72. The summed E-state index contributed by atoms with van der Waals surface area (Å²) >= 11 is 0. The molecule has 1 aromatic rings. The second-order valence-electron chi connectivity index (χ2n) is 10.00. The Morgan fingerprint density at radius 3 is 2.30 bits per heavy atom. The van der Waals surface area contributed by atoms with Gasteiger partial charge in [0.15, 0.2) is 0 Å². The molecule has 0 saturated heterocycles. The summed E-state index contributed by atoms with van der Waals surface area (Å²) in [5.74, 6) is 3.11. The molecule has 0 radical (unpaired) electrons. The van der Waals surface area contributed by atoms with Gasteiger partial charge in [-0.15, -0.1) is 0 Å². The highest BCUT2D eigenvalue weighted by Gasteiger charge is 2.44. The molecule has 0 bridgehead atoms. The Balaban J connectivity index is 1.37. The van der Waals surface area contributed by atoms with Crippen LogP contribution in [0.4, 0.5) is 17.6 Å². The topological polar surface area (TPSA) is 0 Å². The van der Waals surface area contributed by atoms with Crippen LogP contribution in [0.15, 0.2) is 30.4 Å². The lowest BCUT2D eigenvalue weighted by atomic mass is 9.55. The van der Waals surface area contributed by atoms with Gasteiger partial charge in [0.25, 0.3) is 0 Å². The van der Waals surface area contributed by atoms with Crippen LogP contribution < -0.4 is 0 Å². The lowest BCUT2D eigenvalue weighted by Gasteiger charge is -2.51. The molecule has 3 aliphatic rings. The quantitative estimate of drug-likeness (QED) is 0.337. The number of allylic oxidation sites excluding steroid dienone is 2. The summed E-state index contributed by atoms with van der Waals surface area (Å²) < 4.78 is 52.7. The Hall–Kier alpha value is -1.32. The van der Waals surface area contributed by atoms with Crippen molar-refractivity contribution < 1.29 is 17.6 Å². The molecule has 0 nitrogen and oxygen atoms in total. The highest BCUT2D eigenvalue weighted by molar-refractivity contribution is 5.29. The normalized spacial score (nSPS) is 34.6. The molecule has 30 heavy (non-hydrogen) atoms. The second kappa shape index (κ2) is 9.04. The predicted molar refractivity (Wildman–Crippen MR) is 113 cm³/mol. The minimum atomic E-state index is -4.62. The lowest BCUT2D eigenvalue weighted by molar-refractivity contribution is -0.140. The van der Waals surface area contributed by atoms with Gasteiger partial charge in [-0.05, 0) is 118 Å². The number of alkyl halides is 3. The van der Waals surface area contributed by atoms with E-state index < -0.39 is 17.6 Å². The number of fused-ring (bicyclic) bond motifs is 3. The molecule has 1 unspecified atom stereocenters. The summed E-state index contributed by atoms with van der Waals surface area (Å²) in [7, 11) is 0. The van der Waals surface area contributed by atoms with Crippen LogP contribution in [0, 0.1) is 35.4 Å². The van der Waals surface area contributed by atoms with E-state index in [1.165, 1.54) is 51.0 Å². The smallest absolute Gasteiger partial charge is 0.206 e. The molecule has 3 aliphatic carbocycles. The Kier molecular flexibility index (Phi) is 6.60. The van der Waals surface area contributed by atoms with Gasteiger partial charge in [-0.2, -0.15) is 13.2 Å². The molecule has 4 rings (SSSR count). The second-order valence-corrected chi connectivity index (χ2v) is 10.00. The van der Waals surface area contributed by atoms with Crippen molar-refractivity contribution >= 4 is 0 Å². The first kappa shape index (κ1) is 21.9. The van der Waals surface area contributed by atoms with Gasteiger partial charge in [-0.25, -0.2) is 4.39 Å². The van der Waals surface area contributed by atoms with Crippen molar-refractivity contribution in [2.45, 2.75) is 83.2 Å². The molecule has 4 heteroatoms. The maximum Gasteiger partial charge on any atom is 0.419 e. The summed E-state index contributed by atoms with van der Waals surface area (Å²) in [6.07, 6.45) is 12.1. The molecule has 0 aliphatic heterocycles. The van der Waals surface area contributed by atoms with E-state index in [4.69, 9.17) is 0 Å². The number of rotatable bonds is 4. The van der Waals surface area contributed by atoms with E-state index >= 15 is 0 Å². The van der Waals surface area contributed by atoms with E-state index in [-0.39, 0.29) is 5.92 Å². The Labute approximate surface area is 178 Å². The van der Waals surface area contributed by atoms with Crippen molar-refractivity contribution in [3.8, 4) is 0 Å². The van der Waals surface area contributed by atoms with Gasteiger partial charge in [0.1, 0.15) is 5.82 Å². The highest BCUT2D eigenvalue weighted by Crippen LogP contribution is 2.55. The molecule has 1 aromatic carbocycles. The zero-order valence-electron chi connectivity index (χ0n) is 17.9. The molecule has 3 saturated carbocycles. The Morgan fingerprint density at radius 2 is 1.63 bits per heavy atom. The number of halogens is 4. The van der Waals surface area contributed by atoms with Crippen molar-refractivity contribution in [3.05, 3.63) is 47.3 Å². The average molecular weight is 423 g/mol. The van der Waals surface area contributed by atoms with Crippen molar-refractivity contribution in [3.63, 3.8) is 0 Å². The molecule has 0 heterocycles. The standard InChI is InChI=1S/C26H34F4/c1-2-3-4-5-17-6-11-22-20(14-17)7-8-21-15-18(9-12-23(21)22)19-10-13-24(25(27)16-19)26(28,29)30/h2-3,10,13,16-18,20-23H,4-9,11-12,14-15H2,1H3/b3-2+/t17-,18?,20-,21+,22+,23+/m1/s1. The summed E-state index contributed by atoms with van der Waals surface area (Å²) in [6, 6.07) is 3.59. The first-order chi connectivity index (χ1) is 14.4. The van der Waals surface area contributed by atoms with Crippen LogP contribution >= 0.6 is 0 Å². The summed E-state index contributed by atoms with van der Waals surface area (Å²) in [5, 5.41) is 0. The van der Waals surface area contributed by atoms with Crippen LogP contribution in [0.5, 0.6) is 0 Å². The molecule has 6 atom stereocenters. The molecule has 3 fully saturated rings. The van der Waals surface area contributed by atoms with Gasteiger partial charge >= 0.3 is 6.18 Å². The third-order valence-corrected chi connectivity index (χ3v) is 8.40. The van der Waals surface area contributed by atoms with Gasteiger partial charge in [0.05, 0.1) is 5.56 Å². The zero-order valence-corrected chi connectivity index (χ0v) is 17.9. The van der Waals surface area contributed by atoms with Gasteiger partial charge in [0.2, 0.25) is 0 Å². The van der Waals surface area contributed by atoms with Crippen LogP contribution in [0.2, 0.25) is 0 Å². The number of benzene rings is 1. The minimum Gasteiger partial charge on any atom is -0.206 e. The fourth-order valence-electron chi connectivity index (χ4n) is 6.97. The molecule has 0 aromatic heterocycles. The zero-order chi connectivity index (χ0) is 21.3. The fraction of sp³-hybridized carbons (Fsp3) is 0.692. The van der Waals surface area contributed by atoms with E-state index in [0.717, 1.165) is 60.6 Å². The molecule has 166 valence electrons. The number of hydrogen-bond donors (Lipinski definition) is 0. The SMILES string of the molecule is C/C=C/CC[C@@H]1CC[C@H]2[C@H](CC[C@H]3CC(c4ccc(C(F)(F)F)c(F)c4)CC[C@@H]32)C1. The number of hydrogen-bond acceptors (Lipinski definition) is 0.